The number of fused-ring (bicyclic) bond motifs is 1. The molecule has 0 radical (unpaired) electrons. The maximum atomic E-state index is 13.0. The molecule has 3 amide bonds. The molecule has 1 aliphatic heterocycles. The number of carbonyl (C=O) groups excluding carboxylic acids is 2. The molecule has 1 aromatic heterocycles. The number of hydrogen-bond donors (Lipinski definition) is 2. The molecular formula is C20H26N4O4S. The predicted molar refractivity (Wildman–Crippen MR) is 112 cm³/mol. The number of nitrogens with one attached hydrogen (secondary N) is 2. The first-order valence-corrected chi connectivity index (χ1v) is 10.6. The maximum absolute atomic E-state index is 13.0. The number of benzene rings is 1. The van der Waals surface area contributed by atoms with Gasteiger partial charge in [-0.1, -0.05) is 23.9 Å². The predicted octanol–water partition coefficient (Wildman–Crippen LogP) is 2.29. The van der Waals surface area contributed by atoms with Crippen LogP contribution in [0.1, 0.15) is 33.6 Å². The van der Waals surface area contributed by atoms with E-state index in [1.54, 1.807) is 22.8 Å². The zero-order valence-electron chi connectivity index (χ0n) is 16.9. The van der Waals surface area contributed by atoms with Gasteiger partial charge in [0.25, 0.3) is 5.56 Å². The second-order valence-corrected chi connectivity index (χ2v) is 8.95. The molecule has 0 bridgehead atoms. The fourth-order valence-electron chi connectivity index (χ4n) is 3.08. The van der Waals surface area contributed by atoms with Gasteiger partial charge in [0.2, 0.25) is 5.91 Å². The maximum Gasteiger partial charge on any atom is 0.321 e. The van der Waals surface area contributed by atoms with E-state index in [1.807, 2.05) is 26.8 Å². The lowest BCUT2D eigenvalue weighted by Crippen LogP contribution is -2.48. The van der Waals surface area contributed by atoms with Crippen molar-refractivity contribution in [3.8, 4) is 0 Å². The fourth-order valence-corrected chi connectivity index (χ4v) is 3.88. The van der Waals surface area contributed by atoms with E-state index in [0.717, 1.165) is 24.6 Å². The van der Waals surface area contributed by atoms with E-state index in [0.29, 0.717) is 29.2 Å². The van der Waals surface area contributed by atoms with Crippen LogP contribution in [0.15, 0.2) is 34.2 Å². The minimum atomic E-state index is -0.550. The summed E-state index contributed by atoms with van der Waals surface area (Å²) < 4.78 is 7.25. The Morgan fingerprint density at radius 3 is 2.76 bits per heavy atom. The van der Waals surface area contributed by atoms with E-state index >= 15 is 0 Å². The zero-order chi connectivity index (χ0) is 21.0. The Labute approximate surface area is 173 Å². The van der Waals surface area contributed by atoms with Crippen molar-refractivity contribution >= 4 is 34.6 Å². The van der Waals surface area contributed by atoms with Crippen LogP contribution in [0, 0.1) is 0 Å². The lowest BCUT2D eigenvalue weighted by atomic mass is 10.1. The fraction of sp³-hybridized carbons (Fsp3) is 0.500. The van der Waals surface area contributed by atoms with Crippen LogP contribution in [0.25, 0.3) is 10.9 Å². The molecule has 9 heteroatoms. The highest BCUT2D eigenvalue weighted by molar-refractivity contribution is 7.99. The number of nitrogens with zero attached hydrogens (tertiary/aromatic N) is 2. The molecule has 2 heterocycles. The first kappa shape index (κ1) is 21.3. The van der Waals surface area contributed by atoms with Crippen LogP contribution >= 0.6 is 11.8 Å². The van der Waals surface area contributed by atoms with Gasteiger partial charge in [0, 0.05) is 12.1 Å². The molecule has 2 N–H and O–H groups in total. The summed E-state index contributed by atoms with van der Waals surface area (Å²) in [7, 11) is 0. The van der Waals surface area contributed by atoms with Gasteiger partial charge in [-0.3, -0.25) is 19.5 Å². The first-order valence-electron chi connectivity index (χ1n) is 9.59. The number of carbonyl (C=O) groups is 2. The van der Waals surface area contributed by atoms with E-state index in [2.05, 4.69) is 15.6 Å². The summed E-state index contributed by atoms with van der Waals surface area (Å²) in [5.74, 6) is -0.490. The molecule has 1 fully saturated rings. The van der Waals surface area contributed by atoms with Crippen molar-refractivity contribution < 1.29 is 14.3 Å². The van der Waals surface area contributed by atoms with Crippen LogP contribution in [0.4, 0.5) is 4.79 Å². The summed E-state index contributed by atoms with van der Waals surface area (Å²) in [5, 5.41) is 5.95. The lowest BCUT2D eigenvalue weighted by molar-refractivity contribution is -0.117. The van der Waals surface area contributed by atoms with Crippen molar-refractivity contribution in [1.82, 2.24) is 20.2 Å². The van der Waals surface area contributed by atoms with Crippen LogP contribution in [0.3, 0.4) is 0 Å². The van der Waals surface area contributed by atoms with Crippen LogP contribution in [0.5, 0.6) is 0 Å². The Kier molecular flexibility index (Phi) is 6.59. The van der Waals surface area contributed by atoms with Gasteiger partial charge in [-0.2, -0.15) is 0 Å². The Bertz CT molecular complexity index is 961. The number of thioether (sulfide) groups is 1. The van der Waals surface area contributed by atoms with Crippen molar-refractivity contribution in [2.24, 2.45) is 0 Å². The average molecular weight is 419 g/mol. The Morgan fingerprint density at radius 1 is 1.31 bits per heavy atom. The molecule has 8 nitrogen and oxygen atoms in total. The van der Waals surface area contributed by atoms with Crippen LogP contribution in [0.2, 0.25) is 0 Å². The summed E-state index contributed by atoms with van der Waals surface area (Å²) in [5.41, 5.74) is -0.0203. The van der Waals surface area contributed by atoms with Crippen molar-refractivity contribution in [2.45, 2.75) is 57.0 Å². The van der Waals surface area contributed by atoms with E-state index in [4.69, 9.17) is 4.74 Å². The van der Waals surface area contributed by atoms with Gasteiger partial charge in [0.15, 0.2) is 5.16 Å². The number of amides is 3. The third-order valence-electron chi connectivity index (χ3n) is 4.31. The monoisotopic (exact) mass is 418 g/mol. The van der Waals surface area contributed by atoms with E-state index in [-0.39, 0.29) is 17.4 Å². The largest absolute Gasteiger partial charge is 0.376 e. The standard InChI is InChI=1S/C20H26N4O4S/c1-20(2,3)23-18(27)22-16(25)12-29-19-21-15-9-5-4-8-14(15)17(26)24(19)11-13-7-6-10-28-13/h4-5,8-9,13H,6-7,10-12H2,1-3H3,(H2,22,23,25,27)/t13-/m0/s1. The van der Waals surface area contributed by atoms with Crippen molar-refractivity contribution in [2.75, 3.05) is 12.4 Å². The molecule has 0 saturated carbocycles. The van der Waals surface area contributed by atoms with Gasteiger partial charge in [0.05, 0.1) is 29.3 Å². The Balaban J connectivity index is 1.77. The quantitative estimate of drug-likeness (QED) is 0.571. The SMILES string of the molecule is CC(C)(C)NC(=O)NC(=O)CSc1nc2ccccc2c(=O)n1C[C@@H]1CCCO1. The van der Waals surface area contributed by atoms with Gasteiger partial charge in [-0.05, 0) is 45.7 Å². The van der Waals surface area contributed by atoms with Crippen molar-refractivity contribution in [3.05, 3.63) is 34.6 Å². The first-order chi connectivity index (χ1) is 13.7. The molecule has 1 saturated heterocycles. The Hall–Kier alpha value is -2.39. The minimum Gasteiger partial charge on any atom is -0.376 e. The van der Waals surface area contributed by atoms with Crippen LogP contribution in [-0.2, 0) is 16.1 Å². The number of imide groups is 1. The number of hydrogen-bond acceptors (Lipinski definition) is 6. The molecule has 0 spiro atoms. The number of ether oxygens (including phenoxy) is 1. The number of aromatic nitrogens is 2. The van der Waals surface area contributed by atoms with Crippen molar-refractivity contribution in [3.63, 3.8) is 0 Å². The summed E-state index contributed by atoms with van der Waals surface area (Å²) in [6, 6.07) is 6.59. The smallest absolute Gasteiger partial charge is 0.321 e. The Morgan fingerprint density at radius 2 is 2.07 bits per heavy atom. The zero-order valence-corrected chi connectivity index (χ0v) is 17.7. The van der Waals surface area contributed by atoms with E-state index in [9.17, 15) is 14.4 Å². The van der Waals surface area contributed by atoms with E-state index < -0.39 is 17.5 Å². The van der Waals surface area contributed by atoms with Crippen LogP contribution in [-0.4, -0.2) is 45.5 Å². The third kappa shape index (κ3) is 5.80. The molecule has 3 rings (SSSR count). The highest BCUT2D eigenvalue weighted by Crippen LogP contribution is 2.20. The summed E-state index contributed by atoms with van der Waals surface area (Å²) >= 11 is 1.13. The van der Waals surface area contributed by atoms with Gasteiger partial charge in [-0.15, -0.1) is 0 Å². The topological polar surface area (TPSA) is 102 Å². The molecule has 1 aliphatic rings. The molecule has 0 aliphatic carbocycles. The van der Waals surface area contributed by atoms with E-state index in [1.165, 1.54) is 0 Å². The number of rotatable bonds is 5. The molecule has 1 atom stereocenters. The van der Waals surface area contributed by atoms with Gasteiger partial charge < -0.3 is 10.1 Å². The average Bonchev–Trinajstić information content (AvgIpc) is 3.14. The summed E-state index contributed by atoms with van der Waals surface area (Å²) in [6.07, 6.45) is 1.81. The minimum absolute atomic E-state index is 0.0339. The van der Waals surface area contributed by atoms with Crippen LogP contribution < -0.4 is 16.2 Å². The van der Waals surface area contributed by atoms with Gasteiger partial charge in [-0.25, -0.2) is 9.78 Å². The normalized spacial score (nSPS) is 16.7. The molecule has 29 heavy (non-hydrogen) atoms. The van der Waals surface area contributed by atoms with Crippen molar-refractivity contribution in [1.29, 1.82) is 0 Å². The molecule has 1 aromatic carbocycles. The third-order valence-corrected chi connectivity index (χ3v) is 5.29. The van der Waals surface area contributed by atoms with Gasteiger partial charge >= 0.3 is 6.03 Å². The summed E-state index contributed by atoms with van der Waals surface area (Å²) in [4.78, 5) is 41.6. The second-order valence-electron chi connectivity index (χ2n) is 8.00. The lowest BCUT2D eigenvalue weighted by Gasteiger charge is -2.20. The molecular weight excluding hydrogens is 392 g/mol. The molecule has 2 aromatic rings. The highest BCUT2D eigenvalue weighted by Gasteiger charge is 2.21. The summed E-state index contributed by atoms with van der Waals surface area (Å²) in [6.45, 7) is 6.57. The highest BCUT2D eigenvalue weighted by atomic mass is 32.2. The van der Waals surface area contributed by atoms with Gasteiger partial charge in [0.1, 0.15) is 0 Å². The molecule has 0 unspecified atom stereocenters. The second kappa shape index (κ2) is 8.96. The number of para-hydroxylation sites is 1. The molecule has 156 valence electrons. The number of urea groups is 1.